The molecule has 4 rings (SSSR count). The molecule has 0 atom stereocenters. The minimum Gasteiger partial charge on any atom is -0.438 e. The van der Waals surface area contributed by atoms with Gasteiger partial charge in [0.25, 0.3) is 5.91 Å². The van der Waals surface area contributed by atoms with E-state index in [1.807, 2.05) is 53.4 Å². The van der Waals surface area contributed by atoms with Crippen LogP contribution in [0.2, 0.25) is 0 Å². The number of carbonyl (C=O) groups is 1. The molecule has 1 amide bonds. The third-order valence-electron chi connectivity index (χ3n) is 4.50. The largest absolute Gasteiger partial charge is 0.438 e. The van der Waals surface area contributed by atoms with E-state index in [1.165, 1.54) is 0 Å². The topological polar surface area (TPSA) is 58.6 Å². The van der Waals surface area contributed by atoms with Gasteiger partial charge < -0.3 is 14.5 Å². The number of hydrogen-bond acceptors (Lipinski definition) is 5. The maximum absolute atomic E-state index is 13.0. The molecular weight excluding hydrogens is 340 g/mol. The number of carbonyl (C=O) groups excluding carboxylic acids is 1. The Kier molecular flexibility index (Phi) is 4.96. The first-order valence-corrected chi connectivity index (χ1v) is 8.94. The number of anilines is 1. The number of aromatic nitrogens is 2. The Hall–Kier alpha value is -3.41. The van der Waals surface area contributed by atoms with E-state index < -0.39 is 0 Å². The molecule has 1 aliphatic heterocycles. The summed E-state index contributed by atoms with van der Waals surface area (Å²) in [4.78, 5) is 25.7. The lowest BCUT2D eigenvalue weighted by atomic mass is 10.2. The molecule has 1 saturated heterocycles. The monoisotopic (exact) mass is 360 g/mol. The van der Waals surface area contributed by atoms with Crippen LogP contribution in [0.1, 0.15) is 10.4 Å². The first kappa shape index (κ1) is 17.0. The molecule has 3 aromatic rings. The van der Waals surface area contributed by atoms with Crippen molar-refractivity contribution in [2.75, 3.05) is 31.1 Å². The number of ether oxygens (including phenoxy) is 1. The Balaban J connectivity index is 1.46. The van der Waals surface area contributed by atoms with E-state index >= 15 is 0 Å². The highest BCUT2D eigenvalue weighted by molar-refractivity contribution is 5.96. The summed E-state index contributed by atoms with van der Waals surface area (Å²) in [6, 6.07) is 18.8. The third kappa shape index (κ3) is 3.89. The van der Waals surface area contributed by atoms with Crippen molar-refractivity contribution in [2.45, 2.75) is 0 Å². The maximum atomic E-state index is 13.0. The summed E-state index contributed by atoms with van der Waals surface area (Å²) >= 11 is 0. The third-order valence-corrected chi connectivity index (χ3v) is 4.50. The van der Waals surface area contributed by atoms with Crippen molar-refractivity contribution >= 4 is 11.7 Å². The van der Waals surface area contributed by atoms with Crippen molar-refractivity contribution in [3.63, 3.8) is 0 Å². The summed E-state index contributed by atoms with van der Waals surface area (Å²) in [6.45, 7) is 2.76. The second-order valence-corrected chi connectivity index (χ2v) is 6.24. The lowest BCUT2D eigenvalue weighted by Gasteiger charge is -2.35. The molecule has 1 fully saturated rings. The number of para-hydroxylation sites is 1. The average molecular weight is 360 g/mol. The predicted molar refractivity (Wildman–Crippen MR) is 103 cm³/mol. The van der Waals surface area contributed by atoms with Crippen molar-refractivity contribution < 1.29 is 9.53 Å². The highest BCUT2D eigenvalue weighted by atomic mass is 16.5. The zero-order valence-corrected chi connectivity index (χ0v) is 14.9. The standard InChI is InChI=1S/C21H20N4O2/c26-21(25-15-13-24(14-16-25)19-10-4-5-11-22-19)18-9-6-12-23-20(18)27-17-7-2-1-3-8-17/h1-12H,13-16H2. The molecule has 1 aliphatic rings. The smallest absolute Gasteiger partial charge is 0.259 e. The molecule has 0 radical (unpaired) electrons. The van der Waals surface area contributed by atoms with Gasteiger partial charge in [-0.2, -0.15) is 0 Å². The molecule has 0 unspecified atom stereocenters. The summed E-state index contributed by atoms with van der Waals surface area (Å²) in [7, 11) is 0. The van der Waals surface area contributed by atoms with Crippen LogP contribution in [-0.2, 0) is 0 Å². The molecule has 0 N–H and O–H groups in total. The number of piperazine rings is 1. The van der Waals surface area contributed by atoms with Gasteiger partial charge in [0, 0.05) is 38.6 Å². The van der Waals surface area contributed by atoms with Crippen LogP contribution in [0.15, 0.2) is 73.1 Å². The normalized spacial score (nSPS) is 14.1. The van der Waals surface area contributed by atoms with Gasteiger partial charge in [-0.25, -0.2) is 9.97 Å². The molecule has 27 heavy (non-hydrogen) atoms. The minimum absolute atomic E-state index is 0.0605. The Morgan fingerprint density at radius 2 is 1.56 bits per heavy atom. The van der Waals surface area contributed by atoms with E-state index in [-0.39, 0.29) is 5.91 Å². The maximum Gasteiger partial charge on any atom is 0.259 e. The summed E-state index contributed by atoms with van der Waals surface area (Å²) in [5.74, 6) is 1.87. The Bertz CT molecular complexity index is 894. The number of benzene rings is 1. The number of nitrogens with zero attached hydrogens (tertiary/aromatic N) is 4. The van der Waals surface area contributed by atoms with Gasteiger partial charge >= 0.3 is 0 Å². The fourth-order valence-electron chi connectivity index (χ4n) is 3.08. The van der Waals surface area contributed by atoms with Crippen molar-refractivity contribution in [1.82, 2.24) is 14.9 Å². The van der Waals surface area contributed by atoms with E-state index in [9.17, 15) is 4.79 Å². The van der Waals surface area contributed by atoms with Gasteiger partial charge in [0.15, 0.2) is 0 Å². The molecule has 0 aliphatic carbocycles. The number of amides is 1. The predicted octanol–water partition coefficient (Wildman–Crippen LogP) is 3.23. The van der Waals surface area contributed by atoms with Gasteiger partial charge in [0.1, 0.15) is 17.1 Å². The van der Waals surface area contributed by atoms with E-state index in [4.69, 9.17) is 4.74 Å². The molecule has 0 saturated carbocycles. The Morgan fingerprint density at radius 1 is 0.815 bits per heavy atom. The van der Waals surface area contributed by atoms with Gasteiger partial charge in [-0.15, -0.1) is 0 Å². The van der Waals surface area contributed by atoms with Crippen LogP contribution in [0.25, 0.3) is 0 Å². The Morgan fingerprint density at radius 3 is 2.30 bits per heavy atom. The lowest BCUT2D eigenvalue weighted by molar-refractivity contribution is 0.0743. The van der Waals surface area contributed by atoms with Crippen LogP contribution in [-0.4, -0.2) is 47.0 Å². The summed E-state index contributed by atoms with van der Waals surface area (Å²) in [6.07, 6.45) is 3.42. The van der Waals surface area contributed by atoms with Gasteiger partial charge in [0.05, 0.1) is 0 Å². The molecule has 6 heteroatoms. The minimum atomic E-state index is -0.0605. The van der Waals surface area contributed by atoms with E-state index in [1.54, 1.807) is 24.5 Å². The average Bonchev–Trinajstić information content (AvgIpc) is 2.75. The van der Waals surface area contributed by atoms with Crippen LogP contribution in [0.4, 0.5) is 5.82 Å². The fourth-order valence-corrected chi connectivity index (χ4v) is 3.08. The van der Waals surface area contributed by atoms with Crippen molar-refractivity contribution in [3.05, 3.63) is 78.6 Å². The van der Waals surface area contributed by atoms with Crippen LogP contribution >= 0.6 is 0 Å². The molecule has 0 spiro atoms. The van der Waals surface area contributed by atoms with Crippen molar-refractivity contribution in [1.29, 1.82) is 0 Å². The van der Waals surface area contributed by atoms with Crippen molar-refractivity contribution in [2.24, 2.45) is 0 Å². The first-order valence-electron chi connectivity index (χ1n) is 8.94. The number of hydrogen-bond donors (Lipinski definition) is 0. The molecule has 1 aromatic carbocycles. The first-order chi connectivity index (χ1) is 13.3. The van der Waals surface area contributed by atoms with Crippen LogP contribution in [0.5, 0.6) is 11.6 Å². The summed E-state index contributed by atoms with van der Waals surface area (Å²) < 4.78 is 5.83. The highest BCUT2D eigenvalue weighted by Crippen LogP contribution is 2.24. The van der Waals surface area contributed by atoms with Gasteiger partial charge in [-0.1, -0.05) is 24.3 Å². The van der Waals surface area contributed by atoms with E-state index in [0.29, 0.717) is 30.3 Å². The van der Waals surface area contributed by atoms with Crippen LogP contribution < -0.4 is 9.64 Å². The molecule has 0 bridgehead atoms. The number of pyridine rings is 2. The quantitative estimate of drug-likeness (QED) is 0.715. The molecule has 2 aromatic heterocycles. The molecule has 3 heterocycles. The summed E-state index contributed by atoms with van der Waals surface area (Å²) in [5.41, 5.74) is 0.479. The van der Waals surface area contributed by atoms with E-state index in [2.05, 4.69) is 14.9 Å². The van der Waals surface area contributed by atoms with Gasteiger partial charge in [-0.05, 0) is 36.4 Å². The second-order valence-electron chi connectivity index (χ2n) is 6.24. The van der Waals surface area contributed by atoms with Gasteiger partial charge in [0.2, 0.25) is 5.88 Å². The molecule has 136 valence electrons. The molecular formula is C21H20N4O2. The zero-order valence-electron chi connectivity index (χ0n) is 14.9. The molecule has 6 nitrogen and oxygen atoms in total. The van der Waals surface area contributed by atoms with E-state index in [0.717, 1.165) is 18.9 Å². The SMILES string of the molecule is O=C(c1cccnc1Oc1ccccc1)N1CCN(c2ccccn2)CC1. The highest BCUT2D eigenvalue weighted by Gasteiger charge is 2.25. The van der Waals surface area contributed by atoms with Crippen LogP contribution in [0, 0.1) is 0 Å². The van der Waals surface area contributed by atoms with Crippen molar-refractivity contribution in [3.8, 4) is 11.6 Å². The lowest BCUT2D eigenvalue weighted by Crippen LogP contribution is -2.49. The second kappa shape index (κ2) is 7.86. The zero-order chi connectivity index (χ0) is 18.5. The Labute approximate surface area is 158 Å². The summed E-state index contributed by atoms with van der Waals surface area (Å²) in [5, 5.41) is 0. The van der Waals surface area contributed by atoms with Gasteiger partial charge in [-0.3, -0.25) is 4.79 Å². The fraction of sp³-hybridized carbons (Fsp3) is 0.190. The van der Waals surface area contributed by atoms with Crippen LogP contribution in [0.3, 0.4) is 0 Å². The number of rotatable bonds is 4.